The first-order chi connectivity index (χ1) is 22.2. The van der Waals surface area contributed by atoms with Crippen LogP contribution in [0.1, 0.15) is 47.6 Å². The largest absolute Gasteiger partial charge is 0.271 e. The molecule has 3 heterocycles. The Bertz CT molecular complexity index is 1830. The fourth-order valence-corrected chi connectivity index (χ4v) is 6.71. The first-order valence-electron chi connectivity index (χ1n) is 15.2. The number of carbonyl (C=O) groups excluding carboxylic acids is 3. The number of benzene rings is 3. The number of anilines is 1. The van der Waals surface area contributed by atoms with Gasteiger partial charge in [0.2, 0.25) is 0 Å². The van der Waals surface area contributed by atoms with Crippen molar-refractivity contribution in [1.82, 2.24) is 10.0 Å². The minimum absolute atomic E-state index is 0.00243. The van der Waals surface area contributed by atoms with Gasteiger partial charge in [-0.15, -0.1) is 0 Å². The molecular weight excluding hydrogens is 586 g/mol. The molecule has 3 aromatic rings. The summed E-state index contributed by atoms with van der Waals surface area (Å²) in [6.45, 7) is 3.76. The zero-order valence-electron chi connectivity index (χ0n) is 25.3. The lowest BCUT2D eigenvalue weighted by Crippen LogP contribution is -2.45. The molecule has 0 N–H and O–H groups in total. The Balaban J connectivity index is 1.17. The van der Waals surface area contributed by atoms with E-state index in [1.807, 2.05) is 31.2 Å². The van der Waals surface area contributed by atoms with E-state index in [1.165, 1.54) is 39.8 Å². The third kappa shape index (κ3) is 5.05. The van der Waals surface area contributed by atoms with Gasteiger partial charge < -0.3 is 0 Å². The molecule has 2 fully saturated rings. The molecule has 0 aromatic heterocycles. The van der Waals surface area contributed by atoms with Gasteiger partial charge in [0.1, 0.15) is 6.54 Å². The van der Waals surface area contributed by atoms with Crippen molar-refractivity contribution < 1.29 is 19.3 Å². The van der Waals surface area contributed by atoms with Crippen molar-refractivity contribution in [3.63, 3.8) is 0 Å². The third-order valence-corrected chi connectivity index (χ3v) is 9.07. The maximum absolute atomic E-state index is 14.1. The van der Waals surface area contributed by atoms with E-state index in [1.54, 1.807) is 0 Å². The number of nitrogens with zero attached hydrogens (tertiary/aromatic N) is 7. The summed E-state index contributed by atoms with van der Waals surface area (Å²) in [5.74, 6) is -1.56. The molecule has 3 amide bonds. The van der Waals surface area contributed by atoms with Crippen molar-refractivity contribution in [1.29, 1.82) is 0 Å². The van der Waals surface area contributed by atoms with Gasteiger partial charge in [-0.1, -0.05) is 64.9 Å². The molecular formula is C34H31N7O5. The molecule has 3 aliphatic heterocycles. The highest BCUT2D eigenvalue weighted by molar-refractivity contribution is 6.25. The van der Waals surface area contributed by atoms with E-state index in [-0.39, 0.29) is 35.8 Å². The van der Waals surface area contributed by atoms with E-state index in [0.29, 0.717) is 0 Å². The molecule has 232 valence electrons. The summed E-state index contributed by atoms with van der Waals surface area (Å²) in [6, 6.07) is 19.0. The topological polar surface area (TPSA) is 141 Å². The average molecular weight is 618 g/mol. The molecule has 4 atom stereocenters. The number of amides is 3. The highest BCUT2D eigenvalue weighted by Gasteiger charge is 2.55. The van der Waals surface area contributed by atoms with E-state index in [9.17, 15) is 24.5 Å². The van der Waals surface area contributed by atoms with Crippen LogP contribution in [0.15, 0.2) is 93.8 Å². The zero-order valence-corrected chi connectivity index (χ0v) is 25.3. The fourth-order valence-electron chi connectivity index (χ4n) is 6.71. The maximum Gasteiger partial charge on any atom is 0.269 e. The van der Waals surface area contributed by atoms with Crippen LogP contribution in [-0.4, -0.2) is 57.0 Å². The average Bonchev–Trinajstić information content (AvgIpc) is 3.72. The second-order valence-electron chi connectivity index (χ2n) is 12.1. The normalized spacial score (nSPS) is 24.4. The number of fused-ring (bicyclic) bond motifs is 2. The Morgan fingerprint density at radius 1 is 0.935 bits per heavy atom. The third-order valence-electron chi connectivity index (χ3n) is 9.07. The van der Waals surface area contributed by atoms with Crippen LogP contribution in [0, 0.1) is 29.9 Å². The molecule has 12 nitrogen and oxygen atoms in total. The van der Waals surface area contributed by atoms with Crippen LogP contribution in [0.4, 0.5) is 11.4 Å². The van der Waals surface area contributed by atoms with Crippen LogP contribution in [0.2, 0.25) is 0 Å². The Morgan fingerprint density at radius 2 is 1.61 bits per heavy atom. The van der Waals surface area contributed by atoms with Gasteiger partial charge in [0, 0.05) is 18.1 Å². The van der Waals surface area contributed by atoms with Crippen molar-refractivity contribution in [3.8, 4) is 0 Å². The molecule has 3 aromatic carbocycles. The summed E-state index contributed by atoms with van der Waals surface area (Å²) >= 11 is 0. The first kappa shape index (κ1) is 29.2. The van der Waals surface area contributed by atoms with Crippen molar-refractivity contribution in [2.24, 2.45) is 21.4 Å². The van der Waals surface area contributed by atoms with Crippen LogP contribution in [0.5, 0.6) is 0 Å². The van der Waals surface area contributed by atoms with E-state index in [2.05, 4.69) is 47.6 Å². The Morgan fingerprint density at radius 3 is 2.28 bits per heavy atom. The summed E-state index contributed by atoms with van der Waals surface area (Å²) in [6.07, 6.45) is 4.84. The number of allylic oxidation sites excluding steroid dienone is 1. The van der Waals surface area contributed by atoms with Crippen molar-refractivity contribution >= 4 is 40.9 Å². The van der Waals surface area contributed by atoms with Gasteiger partial charge in [-0.05, 0) is 68.0 Å². The van der Waals surface area contributed by atoms with E-state index < -0.39 is 28.8 Å². The minimum Gasteiger partial charge on any atom is -0.271 e. The highest BCUT2D eigenvalue weighted by atomic mass is 16.6. The molecule has 1 saturated heterocycles. The summed E-state index contributed by atoms with van der Waals surface area (Å²) in [7, 11) is 0. The number of non-ortho nitro benzene ring substituents is 1. The Hall–Kier alpha value is -5.52. The van der Waals surface area contributed by atoms with Crippen LogP contribution in [-0.2, 0) is 14.4 Å². The predicted octanol–water partition coefficient (Wildman–Crippen LogP) is 5.33. The van der Waals surface area contributed by atoms with Crippen molar-refractivity contribution in [2.45, 2.75) is 51.2 Å². The molecule has 46 heavy (non-hydrogen) atoms. The standard InChI is InChI=1S/C34H31N7O5/c1-20-6-10-22(11-7-20)18-24-4-3-5-27-29(24)36-40(31(27)23-12-8-21(2)9-13-23)28(42)19-38-32-30(35-37-38)33(43)39(34(32)44)25-14-16-26(17-15-25)41(45)46/h6-18,27,30-32H,3-5,19H2,1-2H3/b24-18+/t27-,30+,31-,32+/m1/s1. The zero-order chi connectivity index (χ0) is 32.1. The van der Waals surface area contributed by atoms with E-state index in [4.69, 9.17) is 5.10 Å². The lowest BCUT2D eigenvalue weighted by molar-refractivity contribution is -0.384. The van der Waals surface area contributed by atoms with Gasteiger partial charge in [-0.3, -0.25) is 29.5 Å². The fraction of sp³-hybridized carbons (Fsp3) is 0.294. The van der Waals surface area contributed by atoms with Gasteiger partial charge >= 0.3 is 0 Å². The summed E-state index contributed by atoms with van der Waals surface area (Å²) in [5, 5.41) is 26.9. The van der Waals surface area contributed by atoms with Gasteiger partial charge in [-0.2, -0.15) is 10.2 Å². The van der Waals surface area contributed by atoms with Crippen molar-refractivity contribution in [3.05, 3.63) is 111 Å². The van der Waals surface area contributed by atoms with Gasteiger partial charge in [0.05, 0.1) is 22.4 Å². The number of hydrogen-bond acceptors (Lipinski definition) is 9. The van der Waals surface area contributed by atoms with Crippen molar-refractivity contribution in [2.75, 3.05) is 11.4 Å². The van der Waals surface area contributed by atoms with Crippen LogP contribution >= 0.6 is 0 Å². The summed E-state index contributed by atoms with van der Waals surface area (Å²) < 4.78 is 0. The Labute approximate surface area is 264 Å². The number of rotatable bonds is 6. The summed E-state index contributed by atoms with van der Waals surface area (Å²) in [5.41, 5.74) is 6.35. The smallest absolute Gasteiger partial charge is 0.269 e. The lowest BCUT2D eigenvalue weighted by Gasteiger charge is -2.30. The SMILES string of the molecule is Cc1ccc(/C=C2\CCC[C@@H]3C2=NN(C(=O)CN2N=N[C@@H]4C(=O)N(c5ccc([N+](=O)[O-])cc5)C(=O)[C@H]42)[C@@H]3c2ccc(C)cc2)cc1. The second kappa shape index (κ2) is 11.4. The number of hydrogen-bond donors (Lipinski definition) is 0. The number of imide groups is 1. The molecule has 0 radical (unpaired) electrons. The molecule has 0 bridgehead atoms. The number of carbonyl (C=O) groups is 3. The number of aryl methyl sites for hydroxylation is 2. The highest BCUT2D eigenvalue weighted by Crippen LogP contribution is 2.45. The molecule has 0 unspecified atom stereocenters. The quantitative estimate of drug-likeness (QED) is 0.208. The molecule has 4 aliphatic rings. The molecule has 0 spiro atoms. The predicted molar refractivity (Wildman–Crippen MR) is 169 cm³/mol. The maximum atomic E-state index is 14.1. The first-order valence-corrected chi connectivity index (χ1v) is 15.2. The van der Waals surface area contributed by atoms with E-state index >= 15 is 0 Å². The molecule has 1 saturated carbocycles. The summed E-state index contributed by atoms with van der Waals surface area (Å²) in [4.78, 5) is 52.3. The second-order valence-corrected chi connectivity index (χ2v) is 12.1. The molecule has 1 aliphatic carbocycles. The molecule has 12 heteroatoms. The number of nitro groups is 1. The lowest BCUT2D eigenvalue weighted by atomic mass is 9.77. The minimum atomic E-state index is -1.11. The van der Waals surface area contributed by atoms with Gasteiger partial charge in [0.15, 0.2) is 12.1 Å². The van der Waals surface area contributed by atoms with Crippen LogP contribution in [0.25, 0.3) is 6.08 Å². The van der Waals surface area contributed by atoms with Crippen LogP contribution < -0.4 is 4.90 Å². The number of hydrazone groups is 1. The van der Waals surface area contributed by atoms with E-state index in [0.717, 1.165) is 52.1 Å². The van der Waals surface area contributed by atoms with Gasteiger partial charge in [-0.25, -0.2) is 9.91 Å². The Kier molecular flexibility index (Phi) is 7.26. The van der Waals surface area contributed by atoms with Crippen LogP contribution in [0.3, 0.4) is 0 Å². The molecule has 7 rings (SSSR count). The number of nitro benzene ring substituents is 1. The van der Waals surface area contributed by atoms with Gasteiger partial charge in [0.25, 0.3) is 23.4 Å². The monoisotopic (exact) mass is 617 g/mol.